The summed E-state index contributed by atoms with van der Waals surface area (Å²) in [6, 6.07) is 33.7. The maximum atomic E-state index is 13.2. The Labute approximate surface area is 443 Å². The lowest BCUT2D eigenvalue weighted by atomic mass is 10.1. The molecule has 8 N–H and O–H groups in total. The monoisotopic (exact) mass is 1080 g/mol. The Balaban J connectivity index is 0.000000150. The molecule has 5 aromatic heterocycles. The van der Waals surface area contributed by atoms with E-state index in [2.05, 4.69) is 41.2 Å². The number of rotatable bonds is 14. The molecule has 0 atom stereocenters. The molecule has 0 spiro atoms. The zero-order valence-electron chi connectivity index (χ0n) is 42.4. The highest BCUT2D eigenvalue weighted by atomic mass is 19.3. The Morgan fingerprint density at radius 3 is 1.58 bits per heavy atom. The summed E-state index contributed by atoms with van der Waals surface area (Å²) in [6.07, 6.45) is 7.32. The average Bonchev–Trinajstić information content (AvgIpc) is 4.30. The van der Waals surface area contributed by atoms with E-state index in [1.165, 1.54) is 78.4 Å². The Morgan fingerprint density at radius 1 is 0.590 bits per heavy atom. The number of aromatic nitrogens is 5. The van der Waals surface area contributed by atoms with Gasteiger partial charge in [0.1, 0.15) is 34.8 Å². The van der Waals surface area contributed by atoms with Gasteiger partial charge in [0.05, 0.1) is 12.5 Å². The van der Waals surface area contributed by atoms with Crippen molar-refractivity contribution in [2.24, 2.45) is 5.73 Å². The van der Waals surface area contributed by atoms with E-state index in [-0.39, 0.29) is 34.8 Å². The van der Waals surface area contributed by atoms with Crippen LogP contribution in [0, 0.1) is 40.4 Å². The van der Waals surface area contributed by atoms with Crippen LogP contribution in [0.2, 0.25) is 0 Å². The fourth-order valence-electron chi connectivity index (χ4n) is 8.37. The summed E-state index contributed by atoms with van der Waals surface area (Å²) in [6.45, 7) is 1.21. The molecule has 11 rings (SSSR count). The van der Waals surface area contributed by atoms with Crippen LogP contribution < -0.4 is 15.8 Å². The van der Waals surface area contributed by atoms with Gasteiger partial charge in [-0.05, 0) is 182 Å². The molecule has 19 heteroatoms. The number of halogens is 9. The topological polar surface area (TPSA) is 153 Å². The molecule has 0 radical (unpaired) electrons. The van der Waals surface area contributed by atoms with Gasteiger partial charge < -0.3 is 45.6 Å². The van der Waals surface area contributed by atoms with Crippen molar-refractivity contribution in [1.29, 1.82) is 5.26 Å². The lowest BCUT2D eigenvalue weighted by Gasteiger charge is -2.16. The molecule has 78 heavy (non-hydrogen) atoms. The van der Waals surface area contributed by atoms with Crippen molar-refractivity contribution in [2.75, 3.05) is 33.8 Å². The molecule has 0 saturated heterocycles. The smallest absolute Gasteiger partial charge is 0.340 e. The summed E-state index contributed by atoms with van der Waals surface area (Å²) >= 11 is 0. The third-order valence-electron chi connectivity index (χ3n) is 12.2. The summed E-state index contributed by atoms with van der Waals surface area (Å²) < 4.78 is 119. The van der Waals surface area contributed by atoms with E-state index < -0.39 is 19.0 Å². The number of ether oxygens (including phenoxy) is 1. The van der Waals surface area contributed by atoms with Crippen LogP contribution in [0.4, 0.5) is 39.5 Å². The van der Waals surface area contributed by atoms with Gasteiger partial charge >= 0.3 is 12.3 Å². The number of aromatic amines is 5. The minimum atomic E-state index is -4.18. The van der Waals surface area contributed by atoms with E-state index in [0.29, 0.717) is 32.5 Å². The standard InChI is InChI=1S/C20H19F5N2O.C11H13FN2.C10H11FN2.C10H7FN2.C8H6FN/c21-15-4-5-17-14(11-27-18(17)9-15)6-7-26-10-13-2-1-3-16(8-13)28-12-20(24,25)19(22)23;1-14(2)7-8-6-13-11-5-9(12)3-4-10(8)11;2*11-8-1-2-9-7(3-4-12)6-13-10(9)5-8;9-7-2-1-6-3-4-10-8(6)5-7/h1-5,8-9,11,19,26-27H,6-7,10,12H2;3-6,13H,7H2,1-2H3;1-2,5-6,13H,3-4,12H2;1-2,5-6,13H,3H2;1-5,10H. The highest BCUT2D eigenvalue weighted by Crippen LogP contribution is 2.26. The van der Waals surface area contributed by atoms with Crippen LogP contribution in [-0.4, -0.2) is 76.0 Å². The quantitative estimate of drug-likeness (QED) is 0.0427. The molecule has 11 aromatic rings. The summed E-state index contributed by atoms with van der Waals surface area (Å²) in [4.78, 5) is 17.0. The molecular formula is C59H56F9N9O. The first kappa shape index (κ1) is 57.3. The van der Waals surface area contributed by atoms with Crippen LogP contribution >= 0.6 is 0 Å². The van der Waals surface area contributed by atoms with Gasteiger partial charge in [-0.1, -0.05) is 12.1 Å². The van der Waals surface area contributed by atoms with Crippen LogP contribution in [0.5, 0.6) is 5.75 Å². The molecular weight excluding hydrogens is 1020 g/mol. The predicted octanol–water partition coefficient (Wildman–Crippen LogP) is 13.8. The minimum absolute atomic E-state index is 0.110. The van der Waals surface area contributed by atoms with Crippen LogP contribution in [0.3, 0.4) is 0 Å². The number of nitrogens with zero attached hydrogens (tertiary/aromatic N) is 2. The number of nitriles is 1. The van der Waals surface area contributed by atoms with Crippen molar-refractivity contribution in [3.63, 3.8) is 0 Å². The Kier molecular flexibility index (Phi) is 19.9. The number of hydrogen-bond acceptors (Lipinski definition) is 5. The molecule has 5 heterocycles. The van der Waals surface area contributed by atoms with Gasteiger partial charge in [0, 0.05) is 93.2 Å². The fourth-order valence-corrected chi connectivity index (χ4v) is 8.37. The minimum Gasteiger partial charge on any atom is -0.487 e. The fraction of sp³-hybridized carbons (Fsp3) is 0.203. The molecule has 6 aromatic carbocycles. The maximum Gasteiger partial charge on any atom is 0.340 e. The summed E-state index contributed by atoms with van der Waals surface area (Å²) in [7, 11) is 4.03. The molecule has 0 fully saturated rings. The first-order chi connectivity index (χ1) is 37.5. The van der Waals surface area contributed by atoms with Crippen molar-refractivity contribution in [3.05, 3.63) is 209 Å². The highest BCUT2D eigenvalue weighted by molar-refractivity contribution is 5.85. The van der Waals surface area contributed by atoms with E-state index >= 15 is 0 Å². The lowest BCUT2D eigenvalue weighted by molar-refractivity contribution is -0.148. The van der Waals surface area contributed by atoms with Gasteiger partial charge in [-0.3, -0.25) is 0 Å². The normalized spacial score (nSPS) is 11.2. The van der Waals surface area contributed by atoms with Gasteiger partial charge in [0.15, 0.2) is 6.61 Å². The predicted molar refractivity (Wildman–Crippen MR) is 289 cm³/mol. The third-order valence-corrected chi connectivity index (χ3v) is 12.2. The highest BCUT2D eigenvalue weighted by Gasteiger charge is 2.41. The second-order valence-corrected chi connectivity index (χ2v) is 18.3. The van der Waals surface area contributed by atoms with Crippen molar-refractivity contribution in [2.45, 2.75) is 44.7 Å². The van der Waals surface area contributed by atoms with Gasteiger partial charge in [-0.15, -0.1) is 0 Å². The molecule has 0 aliphatic rings. The number of H-pyrrole nitrogens is 5. The summed E-state index contributed by atoms with van der Waals surface area (Å²) in [5.41, 5.74) is 14.6. The number of fused-ring (bicyclic) bond motifs is 5. The number of hydrogen-bond donors (Lipinski definition) is 7. The first-order valence-corrected chi connectivity index (χ1v) is 24.5. The van der Waals surface area contributed by atoms with Gasteiger partial charge in [-0.2, -0.15) is 14.0 Å². The molecule has 0 unspecified atom stereocenters. The van der Waals surface area contributed by atoms with Crippen molar-refractivity contribution >= 4 is 54.5 Å². The second kappa shape index (κ2) is 27.0. The van der Waals surface area contributed by atoms with Gasteiger partial charge in [0.2, 0.25) is 0 Å². The first-order valence-electron chi connectivity index (χ1n) is 24.5. The van der Waals surface area contributed by atoms with Crippen LogP contribution in [0.15, 0.2) is 152 Å². The number of alkyl halides is 4. The molecule has 10 nitrogen and oxygen atoms in total. The molecule has 0 amide bonds. The van der Waals surface area contributed by atoms with E-state index in [0.717, 1.165) is 89.7 Å². The Morgan fingerprint density at radius 2 is 1.06 bits per heavy atom. The number of nitrogens with one attached hydrogen (secondary N) is 6. The average molecular weight is 1080 g/mol. The SMILES string of the molecule is CN(C)Cc1c[nH]c2cc(F)ccc12.Fc1ccc2c(CCNCc3cccc(OCC(F)(F)C(F)F)c3)c[nH]c2c1.Fc1ccc2cc[nH]c2c1.N#CCc1c[nH]c2cc(F)ccc12.NCCc1c[nH]c2cc(F)ccc12. The van der Waals surface area contributed by atoms with E-state index in [4.69, 9.17) is 15.7 Å². The van der Waals surface area contributed by atoms with E-state index in [1.807, 2.05) is 44.8 Å². The van der Waals surface area contributed by atoms with Crippen LogP contribution in [0.25, 0.3) is 54.5 Å². The lowest BCUT2D eigenvalue weighted by Crippen LogP contribution is -2.33. The summed E-state index contributed by atoms with van der Waals surface area (Å²) in [5.74, 6) is -5.25. The Hall–Kier alpha value is -8.44. The summed E-state index contributed by atoms with van der Waals surface area (Å²) in [5, 5.41) is 16.8. The zero-order chi connectivity index (χ0) is 55.8. The van der Waals surface area contributed by atoms with E-state index in [1.54, 1.807) is 48.8 Å². The molecule has 0 aliphatic carbocycles. The molecule has 0 aliphatic heterocycles. The van der Waals surface area contributed by atoms with Gasteiger partial charge in [-0.25, -0.2) is 30.7 Å². The third kappa shape index (κ3) is 15.8. The number of nitrogens with two attached hydrogens (primary N) is 1. The molecule has 0 bridgehead atoms. The second-order valence-electron chi connectivity index (χ2n) is 18.3. The van der Waals surface area contributed by atoms with Crippen LogP contribution in [0.1, 0.15) is 27.8 Å². The maximum absolute atomic E-state index is 13.2. The Bertz CT molecular complexity index is 3720. The number of benzene rings is 6. The molecule has 0 saturated carbocycles. The van der Waals surface area contributed by atoms with Crippen LogP contribution in [-0.2, 0) is 32.4 Å². The van der Waals surface area contributed by atoms with Crippen molar-refractivity contribution in [3.8, 4) is 11.8 Å². The van der Waals surface area contributed by atoms with E-state index in [9.17, 15) is 39.5 Å². The zero-order valence-corrected chi connectivity index (χ0v) is 42.4. The van der Waals surface area contributed by atoms with Crippen molar-refractivity contribution < 1.29 is 44.3 Å². The largest absolute Gasteiger partial charge is 0.487 e. The van der Waals surface area contributed by atoms with Gasteiger partial charge in [0.25, 0.3) is 0 Å². The van der Waals surface area contributed by atoms with Crippen molar-refractivity contribution in [1.82, 2.24) is 35.1 Å². The molecule has 406 valence electrons.